The molecule has 5 unspecified atom stereocenters. The van der Waals surface area contributed by atoms with Gasteiger partial charge < -0.3 is 20.2 Å². The van der Waals surface area contributed by atoms with E-state index < -0.39 is 18.2 Å². The number of carboxylic acids is 1. The van der Waals surface area contributed by atoms with E-state index >= 15 is 0 Å². The number of fused-ring (bicyclic) bond motifs is 1. The zero-order valence-corrected chi connectivity index (χ0v) is 13.4. The maximum absolute atomic E-state index is 10.4. The number of aliphatic hydroxyl groups excluding tert-OH is 2. The number of aliphatic hydroxyl groups is 2. The second kappa shape index (κ2) is 8.32. The van der Waals surface area contributed by atoms with Crippen LogP contribution in [0.15, 0.2) is 5.16 Å². The second-order valence-electron chi connectivity index (χ2n) is 6.31. The molecule has 0 saturated heterocycles. The molecule has 0 aromatic carbocycles. The van der Waals surface area contributed by atoms with Crippen LogP contribution in [-0.2, 0) is 9.63 Å². The van der Waals surface area contributed by atoms with Gasteiger partial charge >= 0.3 is 5.97 Å². The van der Waals surface area contributed by atoms with Gasteiger partial charge in [-0.15, -0.1) is 0 Å². The number of hydrogen-bond donors (Lipinski definition) is 3. The molecule has 0 aromatic rings. The zero-order chi connectivity index (χ0) is 16.8. The van der Waals surface area contributed by atoms with Gasteiger partial charge in [-0.25, -0.2) is 0 Å². The number of rotatable bonds is 7. The van der Waals surface area contributed by atoms with E-state index in [1.54, 1.807) is 0 Å². The molecule has 0 spiro atoms. The minimum Gasteiger partial charge on any atom is -0.481 e. The van der Waals surface area contributed by atoms with Crippen LogP contribution < -0.4 is 0 Å². The molecule has 2 rings (SSSR count). The molecule has 0 heterocycles. The lowest BCUT2D eigenvalue weighted by Crippen LogP contribution is -2.38. The van der Waals surface area contributed by atoms with Crippen LogP contribution in [0.3, 0.4) is 0 Å². The summed E-state index contributed by atoms with van der Waals surface area (Å²) in [5, 5.41) is 32.6. The Morgan fingerprint density at radius 3 is 3.00 bits per heavy atom. The summed E-state index contributed by atoms with van der Waals surface area (Å²) < 4.78 is 0. The van der Waals surface area contributed by atoms with E-state index in [1.165, 1.54) is 0 Å². The number of carbonyl (C=O) groups is 1. The smallest absolute Gasteiger partial charge is 0.306 e. The average Bonchev–Trinajstić information content (AvgIpc) is 2.74. The van der Waals surface area contributed by atoms with Crippen molar-refractivity contribution in [3.8, 4) is 11.8 Å². The second-order valence-corrected chi connectivity index (χ2v) is 6.31. The lowest BCUT2D eigenvalue weighted by Gasteiger charge is -2.33. The minimum atomic E-state index is -0.912. The molecule has 2 fully saturated rings. The normalized spacial score (nSPS) is 31.7. The van der Waals surface area contributed by atoms with E-state index in [-0.39, 0.29) is 30.8 Å². The Morgan fingerprint density at radius 2 is 2.30 bits per heavy atom. The van der Waals surface area contributed by atoms with Crippen LogP contribution in [0.4, 0.5) is 0 Å². The first kappa shape index (κ1) is 17.8. The Labute approximate surface area is 136 Å². The molecule has 128 valence electrons. The molecule has 2 aliphatic carbocycles. The van der Waals surface area contributed by atoms with Gasteiger partial charge in [0, 0.05) is 11.8 Å². The highest BCUT2D eigenvalue weighted by atomic mass is 16.6. The number of carboxylic acid groups (broad SMARTS) is 1. The molecule has 0 radical (unpaired) electrons. The highest BCUT2D eigenvalue weighted by Gasteiger charge is 2.51. The summed E-state index contributed by atoms with van der Waals surface area (Å²) in [6.45, 7) is 2.13. The summed E-state index contributed by atoms with van der Waals surface area (Å²) >= 11 is 0. The first-order chi connectivity index (χ1) is 11.0. The fourth-order valence-corrected chi connectivity index (χ4v) is 3.19. The topological polar surface area (TPSA) is 99.4 Å². The maximum Gasteiger partial charge on any atom is 0.306 e. The van der Waals surface area contributed by atoms with Crippen molar-refractivity contribution in [2.45, 2.75) is 57.7 Å². The SMILES string of the molecule is CCCCC(O)C#CC1CC2C(=NOCCC(=O)O)CC2C1O. The molecule has 2 aliphatic rings. The predicted molar refractivity (Wildman–Crippen MR) is 84.7 cm³/mol. The molecule has 23 heavy (non-hydrogen) atoms. The molecular weight excluding hydrogens is 298 g/mol. The molecule has 2 saturated carbocycles. The van der Waals surface area contributed by atoms with Gasteiger partial charge in [-0.05, 0) is 25.2 Å². The summed E-state index contributed by atoms with van der Waals surface area (Å²) in [6, 6.07) is 0. The largest absolute Gasteiger partial charge is 0.481 e. The molecule has 0 bridgehead atoms. The van der Waals surface area contributed by atoms with Gasteiger partial charge in [-0.3, -0.25) is 4.79 Å². The third-order valence-electron chi connectivity index (χ3n) is 4.60. The number of nitrogens with zero attached hydrogens (tertiary/aromatic N) is 1. The Bertz CT molecular complexity index is 507. The van der Waals surface area contributed by atoms with Crippen molar-refractivity contribution in [2.75, 3.05) is 6.61 Å². The van der Waals surface area contributed by atoms with E-state index in [4.69, 9.17) is 9.94 Å². The molecule has 5 atom stereocenters. The number of oxime groups is 1. The van der Waals surface area contributed by atoms with Gasteiger partial charge in [0.1, 0.15) is 12.7 Å². The van der Waals surface area contributed by atoms with E-state index in [0.717, 1.165) is 25.0 Å². The van der Waals surface area contributed by atoms with Crippen molar-refractivity contribution < 1.29 is 25.0 Å². The fraction of sp³-hybridized carbons (Fsp3) is 0.765. The monoisotopic (exact) mass is 323 g/mol. The summed E-state index contributed by atoms with van der Waals surface area (Å²) in [6.07, 6.45) is 2.86. The average molecular weight is 323 g/mol. The Balaban J connectivity index is 1.81. The highest BCUT2D eigenvalue weighted by Crippen LogP contribution is 2.47. The van der Waals surface area contributed by atoms with Crippen molar-refractivity contribution in [3.05, 3.63) is 0 Å². The van der Waals surface area contributed by atoms with E-state index in [0.29, 0.717) is 12.8 Å². The lowest BCUT2D eigenvalue weighted by atomic mass is 9.73. The number of aliphatic carboxylic acids is 1. The van der Waals surface area contributed by atoms with Crippen molar-refractivity contribution in [3.63, 3.8) is 0 Å². The van der Waals surface area contributed by atoms with Crippen LogP contribution in [0.25, 0.3) is 0 Å². The molecule has 0 amide bonds. The molecular formula is C17H25NO5. The molecule has 0 aliphatic heterocycles. The summed E-state index contributed by atoms with van der Waals surface area (Å²) in [4.78, 5) is 15.4. The van der Waals surface area contributed by atoms with Crippen molar-refractivity contribution in [2.24, 2.45) is 22.9 Å². The first-order valence-electron chi connectivity index (χ1n) is 8.30. The summed E-state index contributed by atoms with van der Waals surface area (Å²) in [5.74, 6) is 5.15. The fourth-order valence-electron chi connectivity index (χ4n) is 3.19. The summed E-state index contributed by atoms with van der Waals surface area (Å²) in [7, 11) is 0. The minimum absolute atomic E-state index is 0.0611. The van der Waals surface area contributed by atoms with Crippen LogP contribution in [0.1, 0.15) is 45.4 Å². The maximum atomic E-state index is 10.4. The van der Waals surface area contributed by atoms with E-state index in [2.05, 4.69) is 23.9 Å². The van der Waals surface area contributed by atoms with Crippen molar-refractivity contribution >= 4 is 11.7 Å². The third kappa shape index (κ3) is 4.69. The quantitative estimate of drug-likeness (QED) is 0.374. The van der Waals surface area contributed by atoms with Crippen LogP contribution >= 0.6 is 0 Å². The highest BCUT2D eigenvalue weighted by molar-refractivity contribution is 5.93. The van der Waals surface area contributed by atoms with Crippen LogP contribution in [0.2, 0.25) is 0 Å². The Morgan fingerprint density at radius 1 is 1.52 bits per heavy atom. The van der Waals surface area contributed by atoms with Crippen LogP contribution in [-0.4, -0.2) is 45.8 Å². The van der Waals surface area contributed by atoms with Crippen LogP contribution in [0, 0.1) is 29.6 Å². The Kier molecular flexibility index (Phi) is 6.43. The Hall–Kier alpha value is -1.58. The van der Waals surface area contributed by atoms with Gasteiger partial charge in [0.15, 0.2) is 0 Å². The van der Waals surface area contributed by atoms with Gasteiger partial charge in [0.2, 0.25) is 0 Å². The first-order valence-corrected chi connectivity index (χ1v) is 8.30. The standard InChI is InChI=1S/C17H25NO5/c1-2-3-4-12(19)6-5-11-9-13-14(17(11)22)10-15(13)18-23-8-7-16(20)21/h11-14,17,19,22H,2-4,7-10H2,1H3,(H,20,21). The molecule has 0 aromatic heterocycles. The number of unbranched alkanes of at least 4 members (excludes halogenated alkanes) is 1. The molecule has 3 N–H and O–H groups in total. The molecule has 6 nitrogen and oxygen atoms in total. The van der Waals surface area contributed by atoms with Gasteiger partial charge in [0.05, 0.1) is 18.2 Å². The van der Waals surface area contributed by atoms with Crippen LogP contribution in [0.5, 0.6) is 0 Å². The predicted octanol–water partition coefficient (Wildman–Crippen LogP) is 1.41. The van der Waals surface area contributed by atoms with Gasteiger partial charge in [-0.1, -0.05) is 36.8 Å². The summed E-state index contributed by atoms with van der Waals surface area (Å²) in [5.41, 5.74) is 0.885. The zero-order valence-electron chi connectivity index (χ0n) is 13.4. The van der Waals surface area contributed by atoms with Crippen molar-refractivity contribution in [1.29, 1.82) is 0 Å². The number of hydrogen-bond acceptors (Lipinski definition) is 5. The van der Waals surface area contributed by atoms with Gasteiger partial charge in [0.25, 0.3) is 0 Å². The van der Waals surface area contributed by atoms with E-state index in [9.17, 15) is 15.0 Å². The van der Waals surface area contributed by atoms with E-state index in [1.807, 2.05) is 0 Å². The third-order valence-corrected chi connectivity index (χ3v) is 4.60. The van der Waals surface area contributed by atoms with Gasteiger partial charge in [-0.2, -0.15) is 0 Å². The lowest BCUT2D eigenvalue weighted by molar-refractivity contribution is -0.138. The van der Waals surface area contributed by atoms with Crippen molar-refractivity contribution in [1.82, 2.24) is 0 Å². The molecule has 6 heteroatoms.